The molecule has 6 N–H and O–H groups in total. The smallest absolute Gasteiger partial charge is 0.490 e. The van der Waals surface area contributed by atoms with Crippen molar-refractivity contribution in [1.29, 1.82) is 5.26 Å². The minimum Gasteiger partial charge on any atom is -0.495 e. The monoisotopic (exact) mass is 1910 g/mol. The largest absolute Gasteiger partial charge is 0.495 e. The number of carboxylic acids is 3. The summed E-state index contributed by atoms with van der Waals surface area (Å²) in [6.45, 7) is 20.9. The number of rotatable bonds is 9. The van der Waals surface area contributed by atoms with Gasteiger partial charge in [-0.25, -0.2) is 43.2 Å². The van der Waals surface area contributed by atoms with Gasteiger partial charge in [0.2, 0.25) is 23.8 Å². The number of ether oxygens (including phenoxy) is 3. The maximum absolute atomic E-state index is 13.2. The van der Waals surface area contributed by atoms with Crippen LogP contribution in [0.1, 0.15) is 57.5 Å². The number of alkyl halides is 9. The van der Waals surface area contributed by atoms with Gasteiger partial charge in [-0.2, -0.15) is 64.7 Å². The zero-order valence-electron chi connectivity index (χ0n) is 75.3. The van der Waals surface area contributed by atoms with E-state index in [4.69, 9.17) is 48.9 Å². The number of para-hydroxylation sites is 4. The molecule has 54 heteroatoms. The number of H-pyrrole nitrogens is 1. The summed E-state index contributed by atoms with van der Waals surface area (Å²) < 4.78 is 126. The van der Waals surface area contributed by atoms with Crippen LogP contribution >= 0.6 is 0 Å². The number of carbonyl (C=O) groups is 6. The number of nitriles is 1. The Morgan fingerprint density at radius 3 is 1.06 bits per heavy atom. The number of fused-ring (bicyclic) bond motifs is 4. The number of aryl methyl sites for hydroxylation is 4. The van der Waals surface area contributed by atoms with Gasteiger partial charge in [-0.05, 0) is 77.9 Å². The van der Waals surface area contributed by atoms with Crippen LogP contribution in [-0.4, -0.2) is 278 Å². The number of aromatic amines is 1. The molecular formula is C81H96F9N25O20. The number of nitrogens with one attached hydrogen (secondary N) is 3. The highest BCUT2D eigenvalue weighted by Gasteiger charge is 2.41. The van der Waals surface area contributed by atoms with E-state index in [-0.39, 0.29) is 34.4 Å². The van der Waals surface area contributed by atoms with Gasteiger partial charge in [0.05, 0.1) is 29.7 Å². The fourth-order valence-electron chi connectivity index (χ4n) is 13.9. The van der Waals surface area contributed by atoms with Crippen LogP contribution in [-0.2, 0) is 80.2 Å². The molecule has 135 heavy (non-hydrogen) atoms. The first-order valence-electron chi connectivity index (χ1n) is 40.7. The zero-order valence-corrected chi connectivity index (χ0v) is 75.3. The Balaban J connectivity index is 0.000000189. The van der Waals surface area contributed by atoms with E-state index in [1.165, 1.54) is 46.5 Å². The summed E-state index contributed by atoms with van der Waals surface area (Å²) in [6.07, 6.45) is -15.3. The Morgan fingerprint density at radius 2 is 0.711 bits per heavy atom. The quantitative estimate of drug-likeness (QED) is 0.0893. The number of benzene rings is 3. The van der Waals surface area contributed by atoms with E-state index in [1.807, 2.05) is 81.7 Å². The first kappa shape index (κ1) is 103. The second-order valence-electron chi connectivity index (χ2n) is 32.1. The van der Waals surface area contributed by atoms with Crippen LogP contribution in [0.4, 0.5) is 72.9 Å². The van der Waals surface area contributed by atoms with Gasteiger partial charge in [-0.15, -0.1) is 0 Å². The highest BCUT2D eigenvalue weighted by Crippen LogP contribution is 2.34. The van der Waals surface area contributed by atoms with Crippen LogP contribution in [0.2, 0.25) is 0 Å². The summed E-state index contributed by atoms with van der Waals surface area (Å²) in [5, 5.41) is 37.5. The number of carbonyl (C=O) groups excluding carboxylic acids is 3. The molecule has 0 atom stereocenters. The van der Waals surface area contributed by atoms with Gasteiger partial charge < -0.3 is 74.5 Å². The highest BCUT2D eigenvalue weighted by molar-refractivity contribution is 5.87. The fourth-order valence-corrected chi connectivity index (χ4v) is 13.9. The lowest BCUT2D eigenvalue weighted by Crippen LogP contribution is -2.50. The molecule has 0 unspecified atom stereocenters. The normalized spacial score (nSPS) is 14.2. The molecule has 3 aromatic carbocycles. The summed E-state index contributed by atoms with van der Waals surface area (Å²) in [7, 11) is 13.7. The van der Waals surface area contributed by atoms with Gasteiger partial charge in [0.25, 0.3) is 22.2 Å². The molecule has 2 amide bonds. The molecule has 0 radical (unpaired) electrons. The van der Waals surface area contributed by atoms with E-state index in [0.29, 0.717) is 151 Å². The lowest BCUT2D eigenvalue weighted by Gasteiger charge is -2.36. The summed E-state index contributed by atoms with van der Waals surface area (Å²) in [5.74, 6) is -5.51. The Hall–Kier alpha value is -15.3. The van der Waals surface area contributed by atoms with Gasteiger partial charge in [-0.1, -0.05) is 36.4 Å². The lowest BCUT2D eigenvalue weighted by atomic mass is 10.2. The highest BCUT2D eigenvalue weighted by atomic mass is 19.4. The van der Waals surface area contributed by atoms with Crippen molar-refractivity contribution in [3.05, 3.63) is 167 Å². The summed E-state index contributed by atoms with van der Waals surface area (Å²) in [5.41, 5.74) is 0.341. The van der Waals surface area contributed by atoms with Crippen LogP contribution in [0.25, 0.3) is 61.7 Å². The standard InChI is InChI=1S/C23H28N6O5.C18H19N7O2.C18H22N6O3.C16H24N6O4.3C2HF3O2/c1-23(2,3)34-22(33)28-12-10-27(11-13-28)20-24-18-17(19(31)26(5)21(32)25(18)4)29(20)16-9-7-6-8-15(16)14-30;1-22-15-14(16(26)23(2)18(22)27)25(13-6-4-3-5-12(13)11-19)17(21-15)24-9-7-20-8-10-24;1-21-15-14(16(25)22(2)18(21)26)24(12-6-4-5-7-13(12)27-3)17(20-15)23-10-8-19-9-11-23;1-16(2,3)26-15(25)22-8-6-21(7-9-22)13-17-10-11(18-13)19(4)14(24)20(5)12(10)23;3*3-2(4,5)1(6)7/h6-9,14H,10-13H2,1-5H3;3-6,20H,7-10H2,1-2H3;4-7,19H,8-11H2,1-3H3;6-9H2,1-5H3,(H,17,18);3*(H,6,7). The number of hydrogen-bond donors (Lipinski definition) is 6. The zero-order chi connectivity index (χ0) is 100. The molecule has 0 saturated carbocycles. The Bertz CT molecular complexity index is 6820. The molecule has 15 rings (SSSR count). The van der Waals surface area contributed by atoms with Crippen molar-refractivity contribution >= 4 is 105 Å². The van der Waals surface area contributed by atoms with Crippen LogP contribution < -0.4 is 80.0 Å². The minimum atomic E-state index is -5.08. The van der Waals surface area contributed by atoms with Crippen molar-refractivity contribution in [3.63, 3.8) is 0 Å². The first-order valence-corrected chi connectivity index (χ1v) is 40.7. The minimum absolute atomic E-state index is 0.198. The van der Waals surface area contributed by atoms with E-state index in [0.717, 1.165) is 63.8 Å². The predicted molar refractivity (Wildman–Crippen MR) is 469 cm³/mol. The molecule has 8 aromatic heterocycles. The van der Waals surface area contributed by atoms with Crippen molar-refractivity contribution in [2.75, 3.05) is 131 Å². The predicted octanol–water partition coefficient (Wildman–Crippen LogP) is 2.76. The van der Waals surface area contributed by atoms with E-state index < -0.39 is 87.1 Å². The molecule has 12 heterocycles. The molecule has 4 fully saturated rings. The van der Waals surface area contributed by atoms with Crippen molar-refractivity contribution < 1.29 is 97.8 Å². The van der Waals surface area contributed by atoms with E-state index in [2.05, 4.69) is 46.4 Å². The van der Waals surface area contributed by atoms with E-state index in [1.54, 1.807) is 101 Å². The molecule has 0 bridgehead atoms. The average molecular weight is 1910 g/mol. The number of imidazole rings is 4. The molecular weight excluding hydrogens is 1810 g/mol. The second kappa shape index (κ2) is 41.6. The van der Waals surface area contributed by atoms with Gasteiger partial charge >= 0.3 is 71.4 Å². The van der Waals surface area contributed by atoms with Crippen molar-refractivity contribution in [2.24, 2.45) is 56.4 Å². The second-order valence-corrected chi connectivity index (χ2v) is 32.1. The Morgan fingerprint density at radius 1 is 0.407 bits per heavy atom. The Kier molecular flexibility index (Phi) is 31.9. The third kappa shape index (κ3) is 23.2. The van der Waals surface area contributed by atoms with Crippen molar-refractivity contribution in [2.45, 2.75) is 71.3 Å². The van der Waals surface area contributed by atoms with Gasteiger partial charge in [0.1, 0.15) is 23.0 Å². The molecule has 0 aliphatic carbocycles. The third-order valence-electron chi connectivity index (χ3n) is 20.7. The fraction of sp³-hybridized carbons (Fsp3) is 0.444. The van der Waals surface area contributed by atoms with Gasteiger partial charge in [0.15, 0.2) is 50.9 Å². The number of hydrogen-bond acceptors (Lipinski definition) is 28. The van der Waals surface area contributed by atoms with E-state index in [9.17, 15) is 97.5 Å². The molecule has 728 valence electrons. The average Bonchev–Trinajstić information content (AvgIpc) is 1.59. The van der Waals surface area contributed by atoms with Crippen LogP contribution in [0, 0.1) is 11.3 Å². The Labute approximate surface area is 756 Å². The number of anilines is 4. The number of methoxy groups -OCH3 is 1. The molecule has 45 nitrogen and oxygen atoms in total. The number of aldehydes is 1. The van der Waals surface area contributed by atoms with Gasteiger partial charge in [-0.3, -0.25) is 74.2 Å². The summed E-state index contributed by atoms with van der Waals surface area (Å²) in [4.78, 5) is 197. The van der Waals surface area contributed by atoms with Crippen LogP contribution in [0.15, 0.2) is 111 Å². The molecule has 11 aromatic rings. The van der Waals surface area contributed by atoms with Crippen LogP contribution in [0.3, 0.4) is 0 Å². The maximum atomic E-state index is 13.2. The number of carboxylic acid groups (broad SMARTS) is 3. The third-order valence-corrected chi connectivity index (χ3v) is 20.7. The topological polar surface area (TPSA) is 516 Å². The molecule has 4 aliphatic rings. The molecule has 4 aliphatic heterocycles. The number of nitrogens with zero attached hydrogens (tertiary/aromatic N) is 22. The molecule has 4 saturated heterocycles. The van der Waals surface area contributed by atoms with Crippen molar-refractivity contribution in [3.8, 4) is 28.9 Å². The summed E-state index contributed by atoms with van der Waals surface area (Å²) >= 11 is 0. The first-order chi connectivity index (χ1) is 63.0. The number of piperazine rings is 4. The number of halogens is 9. The van der Waals surface area contributed by atoms with Crippen LogP contribution in [0.5, 0.6) is 5.75 Å². The lowest BCUT2D eigenvalue weighted by molar-refractivity contribution is -0.193. The summed E-state index contributed by atoms with van der Waals surface area (Å²) in [6, 6.07) is 23.6. The van der Waals surface area contributed by atoms with E-state index >= 15 is 0 Å². The number of amides is 2. The maximum Gasteiger partial charge on any atom is 0.490 e. The van der Waals surface area contributed by atoms with Gasteiger partial charge in [0, 0.05) is 167 Å². The molecule has 0 spiro atoms. The van der Waals surface area contributed by atoms with Crippen molar-refractivity contribution in [1.82, 2.24) is 95.6 Å². The number of aliphatic carboxylic acids is 3. The SMILES string of the molecule is COc1ccccc1-n1c(N2CCNCC2)nc2c1c(=O)n(C)c(=O)n2C.Cn1c(=O)c2[nH]c(N3CCN(C(=O)OC(C)(C)C)CC3)nc2n(C)c1=O.Cn1c(=O)c2c(nc(N3CCN(C(=O)OC(C)(C)C)CC3)n2-c2ccccc2C=O)n(C)c1=O.Cn1c(=O)c2c(nc(N3CCNCC3)n2-c2ccccc2C#N)n(C)c1=O.O=C(O)C(F)(F)F.O=C(O)C(F)(F)F.O=C(O)C(F)(F)F. The number of aromatic nitrogens is 16.